The average molecular weight is 310 g/mol. The monoisotopic (exact) mass is 309 g/mol. The molecule has 1 amide bonds. The van der Waals surface area contributed by atoms with Gasteiger partial charge in [0.15, 0.2) is 0 Å². The van der Waals surface area contributed by atoms with Crippen molar-refractivity contribution >= 4 is 18.3 Å². The van der Waals surface area contributed by atoms with E-state index in [0.29, 0.717) is 12.6 Å². The zero-order valence-corrected chi connectivity index (χ0v) is 13.1. The molecule has 2 aliphatic rings. The lowest BCUT2D eigenvalue weighted by Gasteiger charge is -2.29. The van der Waals surface area contributed by atoms with Gasteiger partial charge in [0.05, 0.1) is 5.69 Å². The second-order valence-corrected chi connectivity index (χ2v) is 5.99. The first-order valence-corrected chi connectivity index (χ1v) is 7.75. The maximum absolute atomic E-state index is 12.7. The minimum Gasteiger partial charge on any atom is -0.335 e. The van der Waals surface area contributed by atoms with E-state index < -0.39 is 0 Å². The molecule has 5 heteroatoms. The molecule has 21 heavy (non-hydrogen) atoms. The number of amides is 1. The maximum Gasteiger partial charge on any atom is 0.254 e. The van der Waals surface area contributed by atoms with Gasteiger partial charge in [-0.1, -0.05) is 12.8 Å². The zero-order chi connectivity index (χ0) is 13.9. The SMILES string of the molecule is Cl.NCc1cc(C(=O)N2CCCC2C2CCCC2)ccn1. The first-order valence-electron chi connectivity index (χ1n) is 7.75. The molecule has 1 atom stereocenters. The van der Waals surface area contributed by atoms with Crippen molar-refractivity contribution in [3.05, 3.63) is 29.6 Å². The predicted octanol–water partition coefficient (Wildman–Crippen LogP) is 2.76. The van der Waals surface area contributed by atoms with Crippen LogP contribution in [0.3, 0.4) is 0 Å². The molecule has 2 fully saturated rings. The van der Waals surface area contributed by atoms with Crippen molar-refractivity contribution in [1.82, 2.24) is 9.88 Å². The summed E-state index contributed by atoms with van der Waals surface area (Å²) in [6.07, 6.45) is 9.24. The lowest BCUT2D eigenvalue weighted by Crippen LogP contribution is -2.39. The highest BCUT2D eigenvalue weighted by molar-refractivity contribution is 5.94. The molecule has 1 aliphatic heterocycles. The molecule has 0 spiro atoms. The highest BCUT2D eigenvalue weighted by atomic mass is 35.5. The van der Waals surface area contributed by atoms with Crippen LogP contribution in [0, 0.1) is 5.92 Å². The molecule has 1 aliphatic carbocycles. The Balaban J connectivity index is 0.00000161. The van der Waals surface area contributed by atoms with Crippen LogP contribution in [-0.4, -0.2) is 28.4 Å². The summed E-state index contributed by atoms with van der Waals surface area (Å²) in [5.41, 5.74) is 7.14. The lowest BCUT2D eigenvalue weighted by atomic mass is 9.95. The first kappa shape index (κ1) is 16.2. The number of rotatable bonds is 3. The Morgan fingerprint density at radius 2 is 2.05 bits per heavy atom. The van der Waals surface area contributed by atoms with Crippen LogP contribution in [0.4, 0.5) is 0 Å². The number of hydrogen-bond donors (Lipinski definition) is 1. The Bertz CT molecular complexity index is 488. The molecule has 4 nitrogen and oxygen atoms in total. The van der Waals surface area contributed by atoms with Crippen LogP contribution in [0.1, 0.15) is 54.6 Å². The van der Waals surface area contributed by atoms with Crippen molar-refractivity contribution in [3.63, 3.8) is 0 Å². The topological polar surface area (TPSA) is 59.2 Å². The number of likely N-dealkylation sites (tertiary alicyclic amines) is 1. The molecule has 0 bridgehead atoms. The van der Waals surface area contributed by atoms with Gasteiger partial charge >= 0.3 is 0 Å². The summed E-state index contributed by atoms with van der Waals surface area (Å²) in [6.45, 7) is 1.29. The van der Waals surface area contributed by atoms with E-state index in [0.717, 1.165) is 30.1 Å². The smallest absolute Gasteiger partial charge is 0.254 e. The van der Waals surface area contributed by atoms with Gasteiger partial charge in [-0.2, -0.15) is 0 Å². The molecule has 1 aromatic heterocycles. The Morgan fingerprint density at radius 3 is 2.76 bits per heavy atom. The fraction of sp³-hybridized carbons (Fsp3) is 0.625. The minimum absolute atomic E-state index is 0. The van der Waals surface area contributed by atoms with E-state index in [9.17, 15) is 4.79 Å². The fourth-order valence-electron chi connectivity index (χ4n) is 3.77. The number of halogens is 1. The number of hydrogen-bond acceptors (Lipinski definition) is 3. The van der Waals surface area contributed by atoms with Crippen molar-refractivity contribution in [2.24, 2.45) is 11.7 Å². The van der Waals surface area contributed by atoms with Crippen LogP contribution < -0.4 is 5.73 Å². The number of carbonyl (C=O) groups excluding carboxylic acids is 1. The third-order valence-electron chi connectivity index (χ3n) is 4.78. The van der Waals surface area contributed by atoms with Gasteiger partial charge in [-0.25, -0.2) is 0 Å². The van der Waals surface area contributed by atoms with Crippen molar-refractivity contribution in [2.45, 2.75) is 51.1 Å². The van der Waals surface area contributed by atoms with Gasteiger partial charge in [-0.3, -0.25) is 9.78 Å². The van der Waals surface area contributed by atoms with E-state index >= 15 is 0 Å². The molecule has 3 rings (SSSR count). The van der Waals surface area contributed by atoms with Crippen molar-refractivity contribution in [2.75, 3.05) is 6.54 Å². The van der Waals surface area contributed by atoms with Gasteiger partial charge in [0.1, 0.15) is 0 Å². The Labute approximate surface area is 132 Å². The zero-order valence-electron chi connectivity index (χ0n) is 12.3. The van der Waals surface area contributed by atoms with Crippen LogP contribution in [0.5, 0.6) is 0 Å². The number of aromatic nitrogens is 1. The summed E-state index contributed by atoms with van der Waals surface area (Å²) < 4.78 is 0. The summed E-state index contributed by atoms with van der Waals surface area (Å²) in [5, 5.41) is 0. The first-order chi connectivity index (χ1) is 9.79. The third-order valence-corrected chi connectivity index (χ3v) is 4.78. The molecule has 1 aromatic rings. The van der Waals surface area contributed by atoms with Gasteiger partial charge in [0, 0.05) is 30.9 Å². The molecule has 1 saturated carbocycles. The summed E-state index contributed by atoms with van der Waals surface area (Å²) >= 11 is 0. The summed E-state index contributed by atoms with van der Waals surface area (Å²) in [6, 6.07) is 4.11. The number of nitrogens with two attached hydrogens (primary N) is 1. The van der Waals surface area contributed by atoms with Gasteiger partial charge < -0.3 is 10.6 Å². The molecule has 116 valence electrons. The third kappa shape index (κ3) is 3.38. The van der Waals surface area contributed by atoms with Crippen molar-refractivity contribution < 1.29 is 4.79 Å². The number of pyridine rings is 1. The van der Waals surface area contributed by atoms with E-state index in [-0.39, 0.29) is 18.3 Å². The molecular weight excluding hydrogens is 286 g/mol. The molecule has 2 heterocycles. The number of nitrogens with zero attached hydrogens (tertiary/aromatic N) is 2. The Kier molecular flexibility index (Phi) is 5.59. The van der Waals surface area contributed by atoms with E-state index in [4.69, 9.17) is 5.73 Å². The largest absolute Gasteiger partial charge is 0.335 e. The van der Waals surface area contributed by atoms with Crippen LogP contribution in [0.25, 0.3) is 0 Å². The fourth-order valence-corrected chi connectivity index (χ4v) is 3.77. The summed E-state index contributed by atoms with van der Waals surface area (Å²) in [5.74, 6) is 0.883. The van der Waals surface area contributed by atoms with E-state index in [1.54, 1.807) is 6.20 Å². The van der Waals surface area contributed by atoms with Crippen LogP contribution >= 0.6 is 12.4 Å². The molecule has 1 saturated heterocycles. The average Bonchev–Trinajstić information content (AvgIpc) is 3.16. The summed E-state index contributed by atoms with van der Waals surface area (Å²) in [7, 11) is 0. The maximum atomic E-state index is 12.7. The molecule has 0 aromatic carbocycles. The van der Waals surface area contributed by atoms with Gasteiger partial charge in [-0.15, -0.1) is 12.4 Å². The minimum atomic E-state index is 0. The second kappa shape index (κ2) is 7.23. The van der Waals surface area contributed by atoms with Gasteiger partial charge in [0.25, 0.3) is 5.91 Å². The Hall–Kier alpha value is -1.13. The van der Waals surface area contributed by atoms with Gasteiger partial charge in [-0.05, 0) is 43.7 Å². The van der Waals surface area contributed by atoms with Crippen LogP contribution in [0.15, 0.2) is 18.3 Å². The predicted molar refractivity (Wildman–Crippen MR) is 85.4 cm³/mol. The van der Waals surface area contributed by atoms with Crippen molar-refractivity contribution in [3.8, 4) is 0 Å². The normalized spacial score (nSPS) is 22.3. The quantitative estimate of drug-likeness (QED) is 0.934. The Morgan fingerprint density at radius 1 is 1.29 bits per heavy atom. The molecule has 2 N–H and O–H groups in total. The van der Waals surface area contributed by atoms with Crippen molar-refractivity contribution in [1.29, 1.82) is 0 Å². The standard InChI is InChI=1S/C16H23N3O.ClH/c17-11-14-10-13(7-8-18-14)16(20)19-9-3-6-15(19)12-4-1-2-5-12;/h7-8,10,12,15H,1-6,9,11,17H2;1H. The van der Waals surface area contributed by atoms with E-state index in [1.807, 2.05) is 12.1 Å². The van der Waals surface area contributed by atoms with Gasteiger partial charge in [0.2, 0.25) is 0 Å². The lowest BCUT2D eigenvalue weighted by molar-refractivity contribution is 0.0689. The molecule has 0 radical (unpaired) electrons. The van der Waals surface area contributed by atoms with Crippen LogP contribution in [-0.2, 0) is 6.54 Å². The van der Waals surface area contributed by atoms with E-state index in [2.05, 4.69) is 9.88 Å². The highest BCUT2D eigenvalue weighted by Gasteiger charge is 2.36. The van der Waals surface area contributed by atoms with E-state index in [1.165, 1.54) is 32.1 Å². The molecule has 1 unspecified atom stereocenters. The number of carbonyl (C=O) groups is 1. The second-order valence-electron chi connectivity index (χ2n) is 5.99. The molecular formula is C16H24ClN3O. The van der Waals surface area contributed by atoms with Crippen LogP contribution in [0.2, 0.25) is 0 Å². The highest BCUT2D eigenvalue weighted by Crippen LogP contribution is 2.36. The summed E-state index contributed by atoms with van der Waals surface area (Å²) in [4.78, 5) is 19.0.